The first kappa shape index (κ1) is 34.6. The second kappa shape index (κ2) is 17.4. The number of carbonyl (C=O) groups is 4. The highest BCUT2D eigenvalue weighted by Crippen LogP contribution is 2.19. The van der Waals surface area contributed by atoms with E-state index >= 15 is 0 Å². The number of hydrogen-bond acceptors (Lipinski definition) is 5. The Kier molecular flexibility index (Phi) is 14.3. The molecule has 7 nitrogen and oxygen atoms in total. The van der Waals surface area contributed by atoms with Gasteiger partial charge in [-0.2, -0.15) is 0 Å². The van der Waals surface area contributed by atoms with Crippen molar-refractivity contribution in [1.29, 1.82) is 0 Å². The fourth-order valence-corrected chi connectivity index (χ4v) is 4.95. The Hall–Kier alpha value is -3.58. The van der Waals surface area contributed by atoms with Crippen LogP contribution in [0.5, 0.6) is 0 Å². The number of aryl methyl sites for hydroxylation is 1. The Bertz CT molecular complexity index is 1180. The van der Waals surface area contributed by atoms with Crippen LogP contribution in [0.15, 0.2) is 72.8 Å². The summed E-state index contributed by atoms with van der Waals surface area (Å²) in [6.45, 7) is 13.3. The molecule has 0 bridgehead atoms. The average molecular weight is 576 g/mol. The summed E-state index contributed by atoms with van der Waals surface area (Å²) in [5.41, 5.74) is 8.59. The Labute approximate surface area is 251 Å². The first-order valence-electron chi connectivity index (χ1n) is 15.0. The quantitative estimate of drug-likeness (QED) is 0.217. The summed E-state index contributed by atoms with van der Waals surface area (Å²) < 4.78 is 0. The zero-order valence-electron chi connectivity index (χ0n) is 25.9. The molecule has 0 aliphatic carbocycles. The van der Waals surface area contributed by atoms with Crippen molar-refractivity contribution < 1.29 is 19.2 Å². The normalized spacial score (nSPS) is 14.1. The molecule has 4 atom stereocenters. The maximum Gasteiger partial charge on any atom is 0.237 e. The molecule has 0 fully saturated rings. The lowest BCUT2D eigenvalue weighted by molar-refractivity contribution is -0.133. The largest absolute Gasteiger partial charge is 0.346 e. The summed E-state index contributed by atoms with van der Waals surface area (Å²) in [6, 6.07) is 17.0. The summed E-state index contributed by atoms with van der Waals surface area (Å²) in [5, 5.41) is 5.80. The number of Topliss-reactive ketones (excluding diaryl/α,β-unsaturated/α-hetero) is 2. The molecule has 7 heteroatoms. The molecule has 0 aliphatic heterocycles. The summed E-state index contributed by atoms with van der Waals surface area (Å²) in [5.74, 6) is -1.59. The maximum atomic E-state index is 13.7. The summed E-state index contributed by atoms with van der Waals surface area (Å²) in [7, 11) is 0. The van der Waals surface area contributed by atoms with Crippen LogP contribution in [0.2, 0.25) is 0 Å². The van der Waals surface area contributed by atoms with Gasteiger partial charge in [0.05, 0.1) is 18.1 Å². The number of nitrogens with two attached hydrogens (primary N) is 1. The van der Waals surface area contributed by atoms with Crippen molar-refractivity contribution in [3.8, 4) is 0 Å². The Morgan fingerprint density at radius 3 is 1.79 bits per heavy atom. The SMILES string of the molecule is C=C(C)C(=O)[C@H](CC(C)C)NC(=O)[C@@H](CC(=O)[C@H](CC(C)C)NC(=O)[C@@H](N)CCc1ccccc1)Cc1ccccc1. The van der Waals surface area contributed by atoms with Gasteiger partial charge < -0.3 is 16.4 Å². The van der Waals surface area contributed by atoms with Crippen LogP contribution < -0.4 is 16.4 Å². The molecule has 0 aliphatic rings. The number of ketones is 2. The lowest BCUT2D eigenvalue weighted by atomic mass is 9.88. The molecule has 0 spiro atoms. The molecule has 4 N–H and O–H groups in total. The minimum absolute atomic E-state index is 0.0761. The van der Waals surface area contributed by atoms with Crippen molar-refractivity contribution in [2.24, 2.45) is 23.5 Å². The standard InChI is InChI=1S/C35H49N3O4/c1-23(2)19-30(37-35(42)29(36)18-17-26-13-9-7-10-14-26)32(39)22-28(21-27-15-11-8-12-16-27)34(41)38-31(20-24(3)4)33(40)25(5)6/h7-16,23-24,28-31H,5,17-22,36H2,1-4,6H3,(H,37,42)(H,38,41)/t28-,29+,30+,31+/m1/s1. The van der Waals surface area contributed by atoms with E-state index in [1.54, 1.807) is 6.92 Å². The molecule has 0 aromatic heterocycles. The first-order chi connectivity index (χ1) is 19.9. The summed E-state index contributed by atoms with van der Waals surface area (Å²) >= 11 is 0. The predicted octanol–water partition coefficient (Wildman–Crippen LogP) is 4.97. The smallest absolute Gasteiger partial charge is 0.237 e. The molecule has 2 aromatic carbocycles. The van der Waals surface area contributed by atoms with Gasteiger partial charge in [0, 0.05) is 12.3 Å². The summed E-state index contributed by atoms with van der Waals surface area (Å²) in [4.78, 5) is 53.2. The van der Waals surface area contributed by atoms with Crippen LogP contribution >= 0.6 is 0 Å². The van der Waals surface area contributed by atoms with Crippen LogP contribution in [-0.4, -0.2) is 41.5 Å². The van der Waals surface area contributed by atoms with Gasteiger partial charge in [0.15, 0.2) is 11.6 Å². The van der Waals surface area contributed by atoms with E-state index in [-0.39, 0.29) is 41.6 Å². The minimum atomic E-state index is -0.769. The number of amides is 2. The molecular formula is C35H49N3O4. The fourth-order valence-electron chi connectivity index (χ4n) is 4.95. The number of hydrogen-bond donors (Lipinski definition) is 3. The van der Waals surface area contributed by atoms with Crippen molar-refractivity contribution in [3.63, 3.8) is 0 Å². The molecule has 0 radical (unpaired) electrons. The maximum absolute atomic E-state index is 13.7. The molecule has 0 unspecified atom stereocenters. The van der Waals surface area contributed by atoms with E-state index in [1.807, 2.05) is 88.4 Å². The Morgan fingerprint density at radius 2 is 1.26 bits per heavy atom. The van der Waals surface area contributed by atoms with Gasteiger partial charge in [0.2, 0.25) is 11.8 Å². The van der Waals surface area contributed by atoms with E-state index in [4.69, 9.17) is 5.73 Å². The van der Waals surface area contributed by atoms with Gasteiger partial charge in [0.25, 0.3) is 0 Å². The fraction of sp³-hybridized carbons (Fsp3) is 0.486. The molecule has 2 amide bonds. The zero-order valence-corrected chi connectivity index (χ0v) is 25.9. The number of carbonyl (C=O) groups excluding carboxylic acids is 4. The van der Waals surface area contributed by atoms with Gasteiger partial charge in [-0.1, -0.05) is 94.9 Å². The highest BCUT2D eigenvalue weighted by atomic mass is 16.2. The van der Waals surface area contributed by atoms with Gasteiger partial charge in [-0.05, 0) is 67.6 Å². The molecule has 42 heavy (non-hydrogen) atoms. The molecular weight excluding hydrogens is 526 g/mol. The van der Waals surface area contributed by atoms with Crippen LogP contribution in [0.1, 0.15) is 71.4 Å². The van der Waals surface area contributed by atoms with Crippen molar-refractivity contribution in [2.45, 2.75) is 91.3 Å². The van der Waals surface area contributed by atoms with Gasteiger partial charge in [-0.3, -0.25) is 19.2 Å². The molecule has 2 aromatic rings. The second-order valence-electron chi connectivity index (χ2n) is 12.2. The third kappa shape index (κ3) is 12.1. The van der Waals surface area contributed by atoms with E-state index in [0.717, 1.165) is 11.1 Å². The number of rotatable bonds is 18. The third-order valence-electron chi connectivity index (χ3n) is 7.24. The predicted molar refractivity (Wildman–Crippen MR) is 169 cm³/mol. The second-order valence-corrected chi connectivity index (χ2v) is 12.2. The topological polar surface area (TPSA) is 118 Å². The van der Waals surface area contributed by atoms with Crippen molar-refractivity contribution in [2.75, 3.05) is 0 Å². The number of nitrogens with one attached hydrogen (secondary N) is 2. The third-order valence-corrected chi connectivity index (χ3v) is 7.24. The van der Waals surface area contributed by atoms with Crippen molar-refractivity contribution in [3.05, 3.63) is 83.9 Å². The zero-order chi connectivity index (χ0) is 31.2. The average Bonchev–Trinajstić information content (AvgIpc) is 2.94. The van der Waals surface area contributed by atoms with E-state index in [0.29, 0.717) is 37.7 Å². The molecule has 2 rings (SSSR count). The van der Waals surface area contributed by atoms with E-state index in [2.05, 4.69) is 17.2 Å². The van der Waals surface area contributed by atoms with Gasteiger partial charge in [0.1, 0.15) is 0 Å². The monoisotopic (exact) mass is 575 g/mol. The van der Waals surface area contributed by atoms with Gasteiger partial charge in [-0.25, -0.2) is 0 Å². The molecule has 0 saturated carbocycles. The lowest BCUT2D eigenvalue weighted by Crippen LogP contribution is -2.50. The van der Waals surface area contributed by atoms with Crippen molar-refractivity contribution in [1.82, 2.24) is 10.6 Å². The van der Waals surface area contributed by atoms with Crippen LogP contribution in [0.25, 0.3) is 0 Å². The highest BCUT2D eigenvalue weighted by molar-refractivity contribution is 6.01. The van der Waals surface area contributed by atoms with Crippen LogP contribution in [-0.2, 0) is 32.0 Å². The molecule has 0 heterocycles. The minimum Gasteiger partial charge on any atom is -0.346 e. The van der Waals surface area contributed by atoms with Gasteiger partial charge >= 0.3 is 0 Å². The lowest BCUT2D eigenvalue weighted by Gasteiger charge is -2.26. The van der Waals surface area contributed by atoms with Crippen molar-refractivity contribution >= 4 is 23.4 Å². The molecule has 228 valence electrons. The van der Waals surface area contributed by atoms with Crippen LogP contribution in [0, 0.1) is 17.8 Å². The van der Waals surface area contributed by atoms with Crippen LogP contribution in [0.3, 0.4) is 0 Å². The summed E-state index contributed by atoms with van der Waals surface area (Å²) in [6.07, 6.45) is 2.25. The first-order valence-corrected chi connectivity index (χ1v) is 15.0. The van der Waals surface area contributed by atoms with Crippen LogP contribution in [0.4, 0.5) is 0 Å². The Balaban J connectivity index is 2.20. The number of benzene rings is 2. The van der Waals surface area contributed by atoms with E-state index in [9.17, 15) is 19.2 Å². The van der Waals surface area contributed by atoms with Gasteiger partial charge in [-0.15, -0.1) is 0 Å². The van der Waals surface area contributed by atoms with E-state index < -0.39 is 24.0 Å². The van der Waals surface area contributed by atoms with E-state index in [1.165, 1.54) is 0 Å². The molecule has 0 saturated heterocycles. The Morgan fingerprint density at radius 1 is 0.762 bits per heavy atom. The highest BCUT2D eigenvalue weighted by Gasteiger charge is 2.31.